The lowest BCUT2D eigenvalue weighted by atomic mass is 10.0. The molecule has 0 bridgehead atoms. The Kier molecular flexibility index (Phi) is 7.72. The first-order chi connectivity index (χ1) is 19.0. The Hall–Kier alpha value is -4.46. The van der Waals surface area contributed by atoms with Crippen LogP contribution in [0.15, 0.2) is 53.2 Å². The Bertz CT molecular complexity index is 1540. The maximum Gasteiger partial charge on any atom is 0.255 e. The van der Waals surface area contributed by atoms with Crippen LogP contribution in [0.2, 0.25) is 0 Å². The van der Waals surface area contributed by atoms with Gasteiger partial charge < -0.3 is 28.6 Å². The van der Waals surface area contributed by atoms with Crippen molar-refractivity contribution >= 4 is 17.0 Å². The molecule has 5 rings (SSSR count). The van der Waals surface area contributed by atoms with Crippen molar-refractivity contribution < 1.29 is 28.5 Å². The number of ether oxygens (including phenoxy) is 3. The number of aliphatic hydroxyl groups is 1. The maximum absolute atomic E-state index is 12.6. The summed E-state index contributed by atoms with van der Waals surface area (Å²) in [6, 6.07) is 12.9. The highest BCUT2D eigenvalue weighted by Crippen LogP contribution is 2.37. The quantitative estimate of drug-likeness (QED) is 0.360. The zero-order chi connectivity index (χ0) is 27.4. The van der Waals surface area contributed by atoms with Crippen molar-refractivity contribution in [3.8, 4) is 40.1 Å². The van der Waals surface area contributed by atoms with Gasteiger partial charge in [-0.25, -0.2) is 4.98 Å². The molecule has 200 valence electrons. The molecule has 3 aromatic heterocycles. The lowest BCUT2D eigenvalue weighted by Crippen LogP contribution is -2.29. The van der Waals surface area contributed by atoms with Crippen LogP contribution in [0.4, 0.5) is 0 Å². The van der Waals surface area contributed by atoms with Crippen LogP contribution in [0.25, 0.3) is 33.7 Å². The molecule has 0 unspecified atom stereocenters. The number of methoxy groups -OCH3 is 1. The smallest absolute Gasteiger partial charge is 0.255 e. The van der Waals surface area contributed by atoms with Crippen LogP contribution < -0.4 is 9.47 Å². The van der Waals surface area contributed by atoms with Crippen LogP contribution in [0.3, 0.4) is 0 Å². The fraction of sp³-hybridized carbons (Fsp3) is 0.310. The molecule has 10 nitrogen and oxygen atoms in total. The number of aliphatic hydroxyl groups excluding tert-OH is 1. The van der Waals surface area contributed by atoms with Crippen LogP contribution in [0.1, 0.15) is 28.8 Å². The van der Waals surface area contributed by atoms with Gasteiger partial charge in [-0.15, -0.1) is 0 Å². The summed E-state index contributed by atoms with van der Waals surface area (Å²) in [5.74, 6) is 1.05. The molecule has 1 aliphatic heterocycles. The second kappa shape index (κ2) is 11.5. The summed E-state index contributed by atoms with van der Waals surface area (Å²) in [5, 5.41) is 18.9. The largest absolute Gasteiger partial charge is 0.494 e. The van der Waals surface area contributed by atoms with E-state index in [1.807, 2.05) is 18.2 Å². The number of hydrogen-bond acceptors (Lipinski definition) is 9. The normalized spacial score (nSPS) is 13.7. The molecule has 1 fully saturated rings. The Morgan fingerprint density at radius 2 is 2.00 bits per heavy atom. The zero-order valence-corrected chi connectivity index (χ0v) is 21.7. The summed E-state index contributed by atoms with van der Waals surface area (Å²) >= 11 is 0. The van der Waals surface area contributed by atoms with Gasteiger partial charge in [0.1, 0.15) is 34.9 Å². The molecule has 10 heteroatoms. The zero-order valence-electron chi connectivity index (χ0n) is 21.7. The molecule has 39 heavy (non-hydrogen) atoms. The number of hydrogen-bond donors (Lipinski definition) is 1. The van der Waals surface area contributed by atoms with Gasteiger partial charge in [-0.05, 0) is 29.8 Å². The number of pyridine rings is 2. The number of furan rings is 1. The third kappa shape index (κ3) is 5.41. The topological polar surface area (TPSA) is 131 Å². The molecule has 4 heterocycles. The summed E-state index contributed by atoms with van der Waals surface area (Å²) in [7, 11) is 3.10. The van der Waals surface area contributed by atoms with Crippen molar-refractivity contribution in [2.75, 3.05) is 40.5 Å². The second-order valence-electron chi connectivity index (χ2n) is 9.16. The van der Waals surface area contributed by atoms with Crippen molar-refractivity contribution in [1.29, 1.82) is 5.26 Å². The van der Waals surface area contributed by atoms with E-state index in [4.69, 9.17) is 23.7 Å². The molecule has 0 aliphatic carbocycles. The highest BCUT2D eigenvalue weighted by molar-refractivity contribution is 5.95. The number of amides is 1. The van der Waals surface area contributed by atoms with Crippen molar-refractivity contribution in [3.05, 3.63) is 59.9 Å². The van der Waals surface area contributed by atoms with Gasteiger partial charge in [0.2, 0.25) is 0 Å². The molecule has 0 saturated carbocycles. The predicted molar refractivity (Wildman–Crippen MR) is 142 cm³/mol. The summed E-state index contributed by atoms with van der Waals surface area (Å²) in [6.45, 7) is 1.37. The van der Waals surface area contributed by atoms with Gasteiger partial charge >= 0.3 is 0 Å². The molecule has 0 radical (unpaired) electrons. The summed E-state index contributed by atoms with van der Waals surface area (Å²) in [6.07, 6.45) is 4.73. The first-order valence-electron chi connectivity index (χ1n) is 12.6. The van der Waals surface area contributed by atoms with Crippen LogP contribution in [-0.4, -0.2) is 72.5 Å². The molecule has 0 atom stereocenters. The van der Waals surface area contributed by atoms with Gasteiger partial charge in [-0.3, -0.25) is 9.78 Å². The van der Waals surface area contributed by atoms with E-state index in [0.717, 1.165) is 24.0 Å². The van der Waals surface area contributed by atoms with Crippen molar-refractivity contribution in [1.82, 2.24) is 14.9 Å². The predicted octanol–water partition coefficient (Wildman–Crippen LogP) is 4.06. The second-order valence-corrected chi connectivity index (χ2v) is 9.16. The number of rotatable bonds is 8. The van der Waals surface area contributed by atoms with E-state index in [1.54, 1.807) is 31.4 Å². The van der Waals surface area contributed by atoms with Gasteiger partial charge in [0.15, 0.2) is 11.3 Å². The monoisotopic (exact) mass is 528 g/mol. The number of nitrogens with zero attached hydrogens (tertiary/aromatic N) is 4. The van der Waals surface area contributed by atoms with Gasteiger partial charge in [0.25, 0.3) is 5.91 Å². The number of nitriles is 1. The summed E-state index contributed by atoms with van der Waals surface area (Å²) < 4.78 is 23.3. The average Bonchev–Trinajstić information content (AvgIpc) is 3.42. The van der Waals surface area contributed by atoms with E-state index in [-0.39, 0.29) is 25.2 Å². The maximum atomic E-state index is 12.6. The third-order valence-corrected chi connectivity index (χ3v) is 6.62. The number of fused-ring (bicyclic) bond motifs is 1. The first kappa shape index (κ1) is 26.2. The standard InChI is InChI=1S/C29H28N4O6/c1-33(9-10-34)29(35)20-14-25(36-2)27(32-17-20)26-15-23-28(39-26)22(5-8-31-23)18-3-4-24(19(13-18)16-30)38-21-6-11-37-12-7-21/h3-5,8,13-15,17,21,34H,6-7,9-12H2,1-2H3. The molecule has 1 saturated heterocycles. The Morgan fingerprint density at radius 1 is 1.18 bits per heavy atom. The fourth-order valence-corrected chi connectivity index (χ4v) is 4.52. The number of likely N-dealkylation sites (N-methyl/N-ethyl adjacent to an activating group) is 1. The molecule has 0 spiro atoms. The van der Waals surface area contributed by atoms with Crippen LogP contribution in [-0.2, 0) is 4.74 Å². The minimum Gasteiger partial charge on any atom is -0.494 e. The molecular weight excluding hydrogens is 500 g/mol. The van der Waals surface area contributed by atoms with E-state index >= 15 is 0 Å². The Labute approximate surface area is 225 Å². The number of carbonyl (C=O) groups excluding carboxylic acids is 1. The average molecular weight is 529 g/mol. The fourth-order valence-electron chi connectivity index (χ4n) is 4.52. The Morgan fingerprint density at radius 3 is 2.74 bits per heavy atom. The lowest BCUT2D eigenvalue weighted by Gasteiger charge is -2.23. The summed E-state index contributed by atoms with van der Waals surface area (Å²) in [4.78, 5) is 22.9. The van der Waals surface area contributed by atoms with E-state index < -0.39 is 0 Å². The number of carbonyl (C=O) groups is 1. The highest BCUT2D eigenvalue weighted by atomic mass is 16.5. The molecule has 1 N–H and O–H groups in total. The van der Waals surface area contributed by atoms with Gasteiger partial charge in [0, 0.05) is 50.5 Å². The molecule has 1 aromatic carbocycles. The number of aromatic nitrogens is 2. The molecule has 1 aliphatic rings. The minimum atomic E-state index is -0.285. The summed E-state index contributed by atoms with van der Waals surface area (Å²) in [5.41, 5.74) is 3.86. The van der Waals surface area contributed by atoms with Crippen LogP contribution in [0.5, 0.6) is 11.5 Å². The van der Waals surface area contributed by atoms with Crippen molar-refractivity contribution in [2.24, 2.45) is 0 Å². The van der Waals surface area contributed by atoms with Crippen LogP contribution >= 0.6 is 0 Å². The van der Waals surface area contributed by atoms with Gasteiger partial charge in [-0.2, -0.15) is 5.26 Å². The minimum absolute atomic E-state index is 0.0243. The van der Waals surface area contributed by atoms with E-state index in [0.29, 0.717) is 58.4 Å². The van der Waals surface area contributed by atoms with E-state index in [1.165, 1.54) is 18.2 Å². The highest BCUT2D eigenvalue weighted by Gasteiger charge is 2.21. The van der Waals surface area contributed by atoms with Gasteiger partial charge in [-0.1, -0.05) is 6.07 Å². The van der Waals surface area contributed by atoms with Crippen molar-refractivity contribution in [3.63, 3.8) is 0 Å². The SMILES string of the molecule is COc1cc(C(=O)N(C)CCO)cnc1-c1cc2nccc(-c3ccc(OC4CCOCC4)c(C#N)c3)c2o1. The third-order valence-electron chi connectivity index (χ3n) is 6.62. The molecule has 1 amide bonds. The van der Waals surface area contributed by atoms with Gasteiger partial charge in [0.05, 0.1) is 38.1 Å². The van der Waals surface area contributed by atoms with E-state index in [2.05, 4.69) is 16.0 Å². The van der Waals surface area contributed by atoms with E-state index in [9.17, 15) is 10.1 Å². The lowest BCUT2D eigenvalue weighted by molar-refractivity contribution is 0.0254. The first-order valence-corrected chi connectivity index (χ1v) is 12.6. The molecule has 4 aromatic rings. The number of benzene rings is 1. The van der Waals surface area contributed by atoms with Crippen LogP contribution in [0, 0.1) is 11.3 Å². The van der Waals surface area contributed by atoms with Crippen molar-refractivity contribution in [2.45, 2.75) is 18.9 Å². The molecular formula is C29H28N4O6. The Balaban J connectivity index is 1.48.